The Morgan fingerprint density at radius 3 is 2.51 bits per heavy atom. The molecule has 6 rings (SSSR count). The maximum atomic E-state index is 14.3. The maximum Gasteiger partial charge on any atom is 0.254 e. The number of hydrogen-bond acceptors (Lipinski definition) is 4. The lowest BCUT2D eigenvalue weighted by Gasteiger charge is -2.61. The van der Waals surface area contributed by atoms with Gasteiger partial charge in [-0.2, -0.15) is 0 Å². The van der Waals surface area contributed by atoms with Crippen molar-refractivity contribution in [3.05, 3.63) is 77.9 Å². The number of ether oxygens (including phenoxy) is 2. The van der Waals surface area contributed by atoms with Gasteiger partial charge in [0, 0.05) is 43.8 Å². The number of benzene rings is 3. The summed E-state index contributed by atoms with van der Waals surface area (Å²) in [6.07, 6.45) is 6.53. The van der Waals surface area contributed by atoms with Crippen LogP contribution in [0, 0.1) is 11.8 Å². The zero-order valence-electron chi connectivity index (χ0n) is 25.3. The molecule has 3 aromatic rings. The number of methoxy groups -OCH3 is 2. The summed E-state index contributed by atoms with van der Waals surface area (Å²) in [5, 5.41) is 2.28. The van der Waals surface area contributed by atoms with E-state index >= 15 is 0 Å². The second kappa shape index (κ2) is 11.4. The summed E-state index contributed by atoms with van der Waals surface area (Å²) < 4.78 is 12.4. The highest BCUT2D eigenvalue weighted by Crippen LogP contribution is 2.55. The minimum atomic E-state index is -0.293. The molecule has 218 valence electrons. The number of carbonyl (C=O) groups excluding carboxylic acids is 1. The van der Waals surface area contributed by atoms with E-state index in [4.69, 9.17) is 9.47 Å². The van der Waals surface area contributed by atoms with Crippen LogP contribution in [0.4, 0.5) is 0 Å². The number of likely N-dealkylation sites (tertiary alicyclic amines) is 1. The first-order chi connectivity index (χ1) is 19.9. The molecule has 0 aromatic heterocycles. The van der Waals surface area contributed by atoms with Gasteiger partial charge in [-0.15, -0.1) is 0 Å². The van der Waals surface area contributed by atoms with Crippen LogP contribution in [-0.4, -0.2) is 67.7 Å². The van der Waals surface area contributed by atoms with Gasteiger partial charge in [0.2, 0.25) is 0 Å². The largest absolute Gasteiger partial charge is 0.497 e. The first kappa shape index (κ1) is 28.2. The van der Waals surface area contributed by atoms with Gasteiger partial charge in [-0.05, 0) is 97.5 Å². The average molecular weight is 555 g/mol. The normalized spacial score (nSPS) is 26.6. The fraction of sp³-hybridized carbons (Fsp3) is 0.528. The van der Waals surface area contributed by atoms with Gasteiger partial charge < -0.3 is 19.3 Å². The van der Waals surface area contributed by atoms with Crippen LogP contribution in [0.1, 0.15) is 68.3 Å². The van der Waals surface area contributed by atoms with E-state index in [1.165, 1.54) is 24.9 Å². The Labute approximate surface area is 245 Å². The van der Waals surface area contributed by atoms with Crippen molar-refractivity contribution in [2.75, 3.05) is 40.4 Å². The van der Waals surface area contributed by atoms with Gasteiger partial charge in [0.05, 0.1) is 12.7 Å². The fourth-order valence-corrected chi connectivity index (χ4v) is 7.85. The van der Waals surface area contributed by atoms with Crippen LogP contribution in [0.25, 0.3) is 10.8 Å². The van der Waals surface area contributed by atoms with Crippen molar-refractivity contribution in [3.8, 4) is 5.75 Å². The van der Waals surface area contributed by atoms with Gasteiger partial charge in [0.25, 0.3) is 5.91 Å². The molecule has 1 heterocycles. The predicted molar refractivity (Wildman–Crippen MR) is 166 cm³/mol. The van der Waals surface area contributed by atoms with Crippen LogP contribution in [0.3, 0.4) is 0 Å². The Kier molecular flexibility index (Phi) is 7.86. The lowest BCUT2D eigenvalue weighted by Crippen LogP contribution is -2.68. The van der Waals surface area contributed by atoms with E-state index in [1.807, 2.05) is 31.4 Å². The summed E-state index contributed by atoms with van der Waals surface area (Å²) in [5.74, 6) is 2.26. The third-order valence-electron chi connectivity index (χ3n) is 10.2. The Morgan fingerprint density at radius 1 is 0.976 bits per heavy atom. The molecule has 3 aromatic carbocycles. The van der Waals surface area contributed by atoms with Gasteiger partial charge in [-0.1, -0.05) is 56.3 Å². The van der Waals surface area contributed by atoms with Crippen molar-refractivity contribution in [1.29, 1.82) is 0 Å². The second-order valence-electron chi connectivity index (χ2n) is 13.3. The van der Waals surface area contributed by atoms with Crippen LogP contribution in [-0.2, 0) is 10.2 Å². The molecular formula is C36H46N2O3. The van der Waals surface area contributed by atoms with Crippen LogP contribution < -0.4 is 4.74 Å². The number of carbonyl (C=O) groups is 1. The van der Waals surface area contributed by atoms with Crippen molar-refractivity contribution in [3.63, 3.8) is 0 Å². The van der Waals surface area contributed by atoms with Gasteiger partial charge in [0.15, 0.2) is 0 Å². The molecule has 5 heteroatoms. The number of rotatable bonds is 9. The van der Waals surface area contributed by atoms with Crippen LogP contribution in [0.15, 0.2) is 66.7 Å². The Bertz CT molecular complexity index is 1380. The predicted octanol–water partition coefficient (Wildman–Crippen LogP) is 6.94. The second-order valence-corrected chi connectivity index (χ2v) is 13.3. The molecule has 1 aliphatic heterocycles. The third kappa shape index (κ3) is 5.39. The summed E-state index contributed by atoms with van der Waals surface area (Å²) in [7, 11) is 3.66. The molecule has 1 amide bonds. The van der Waals surface area contributed by atoms with Crippen molar-refractivity contribution < 1.29 is 14.3 Å². The molecule has 0 unspecified atom stereocenters. The zero-order chi connectivity index (χ0) is 28.6. The topological polar surface area (TPSA) is 42.0 Å². The maximum absolute atomic E-state index is 14.3. The van der Waals surface area contributed by atoms with Crippen molar-refractivity contribution in [2.24, 2.45) is 11.8 Å². The lowest BCUT2D eigenvalue weighted by atomic mass is 9.54. The van der Waals surface area contributed by atoms with E-state index in [-0.39, 0.29) is 23.0 Å². The van der Waals surface area contributed by atoms with Crippen molar-refractivity contribution >= 4 is 16.7 Å². The van der Waals surface area contributed by atoms with Gasteiger partial charge in [0.1, 0.15) is 5.75 Å². The van der Waals surface area contributed by atoms with E-state index in [9.17, 15) is 4.79 Å². The lowest BCUT2D eigenvalue weighted by molar-refractivity contribution is -0.155. The molecular weight excluding hydrogens is 508 g/mol. The van der Waals surface area contributed by atoms with E-state index < -0.39 is 0 Å². The van der Waals surface area contributed by atoms with Gasteiger partial charge >= 0.3 is 0 Å². The Balaban J connectivity index is 1.37. The van der Waals surface area contributed by atoms with E-state index in [1.54, 1.807) is 7.11 Å². The van der Waals surface area contributed by atoms with E-state index in [0.717, 1.165) is 73.3 Å². The first-order valence-corrected chi connectivity index (χ1v) is 15.6. The van der Waals surface area contributed by atoms with Gasteiger partial charge in [-0.3, -0.25) is 4.79 Å². The Hall–Kier alpha value is -2.89. The number of fused-ring (bicyclic) bond motifs is 2. The highest BCUT2D eigenvalue weighted by atomic mass is 16.5. The quantitative estimate of drug-likeness (QED) is 0.287. The van der Waals surface area contributed by atoms with Gasteiger partial charge in [-0.25, -0.2) is 0 Å². The molecule has 3 aliphatic rings. The molecule has 5 nitrogen and oxygen atoms in total. The number of piperidine rings is 1. The number of hydrogen-bond donors (Lipinski definition) is 0. The molecule has 0 spiro atoms. The SMILES string of the molecule is COc1cccc([C@@]23CCN(CC4CC4)C[C@@]2(OC)CC[C@@H](N(CC(C)C)C(=O)c2ccc4ccccc4c2)C3)c1. The molecule has 3 atom stereocenters. The minimum absolute atomic E-state index is 0.140. The van der Waals surface area contributed by atoms with Crippen molar-refractivity contribution in [2.45, 2.75) is 69.4 Å². The van der Waals surface area contributed by atoms with Crippen molar-refractivity contribution in [1.82, 2.24) is 9.80 Å². The van der Waals surface area contributed by atoms with E-state index in [0.29, 0.717) is 5.92 Å². The average Bonchev–Trinajstić information content (AvgIpc) is 3.83. The summed E-state index contributed by atoms with van der Waals surface area (Å²) in [5.41, 5.74) is 1.58. The smallest absolute Gasteiger partial charge is 0.254 e. The molecule has 0 radical (unpaired) electrons. The molecule has 41 heavy (non-hydrogen) atoms. The summed E-state index contributed by atoms with van der Waals surface area (Å²) >= 11 is 0. The monoisotopic (exact) mass is 554 g/mol. The first-order valence-electron chi connectivity index (χ1n) is 15.6. The molecule has 0 N–H and O–H groups in total. The Morgan fingerprint density at radius 2 is 1.78 bits per heavy atom. The summed E-state index contributed by atoms with van der Waals surface area (Å²) in [6.45, 7) is 8.39. The third-order valence-corrected chi connectivity index (χ3v) is 10.2. The summed E-state index contributed by atoms with van der Waals surface area (Å²) in [4.78, 5) is 19.2. The van der Waals surface area contributed by atoms with Crippen LogP contribution in [0.5, 0.6) is 5.75 Å². The number of amides is 1. The van der Waals surface area contributed by atoms with E-state index in [2.05, 4.69) is 66.1 Å². The molecule has 1 saturated heterocycles. The molecule has 0 bridgehead atoms. The minimum Gasteiger partial charge on any atom is -0.497 e. The zero-order valence-corrected chi connectivity index (χ0v) is 25.3. The van der Waals surface area contributed by atoms with Crippen LogP contribution >= 0.6 is 0 Å². The summed E-state index contributed by atoms with van der Waals surface area (Å²) in [6, 6.07) is 23.2. The van der Waals surface area contributed by atoms with Crippen LogP contribution in [0.2, 0.25) is 0 Å². The highest BCUT2D eigenvalue weighted by Gasteiger charge is 2.60. The number of nitrogens with zero attached hydrogens (tertiary/aromatic N) is 2. The fourth-order valence-electron chi connectivity index (χ4n) is 7.85. The standard InChI is InChI=1S/C36H46N2O3/c1-26(2)23-38(34(39)30-15-14-28-8-5-6-9-29(28)20-30)32-16-17-36(41-4)25-37(24-27-12-13-27)19-18-35(36,22-32)31-10-7-11-33(21-31)40-3/h5-11,14-15,20-21,26-27,32H,12-13,16-19,22-25H2,1-4H3/t32-,35+,36+/m1/s1. The molecule has 2 aliphatic carbocycles. The molecule has 2 saturated carbocycles. The highest BCUT2D eigenvalue weighted by molar-refractivity contribution is 5.98. The molecule has 3 fully saturated rings.